The monoisotopic (exact) mass is 294 g/mol. The molecule has 1 spiro atoms. The molecule has 3 fully saturated rings. The maximum atomic E-state index is 12.6. The van der Waals surface area contributed by atoms with E-state index >= 15 is 0 Å². The summed E-state index contributed by atoms with van der Waals surface area (Å²) in [6.07, 6.45) is 6.99. The van der Waals surface area contributed by atoms with Crippen LogP contribution in [0.15, 0.2) is 0 Å². The Kier molecular flexibility index (Phi) is 3.51. The van der Waals surface area contributed by atoms with E-state index in [1.54, 1.807) is 25.7 Å². The van der Waals surface area contributed by atoms with Gasteiger partial charge < -0.3 is 15.0 Å². The fourth-order valence-corrected chi connectivity index (χ4v) is 4.01. The van der Waals surface area contributed by atoms with Gasteiger partial charge in [0.25, 0.3) is 0 Å². The van der Waals surface area contributed by atoms with E-state index in [9.17, 15) is 9.59 Å². The van der Waals surface area contributed by atoms with Gasteiger partial charge in [0, 0.05) is 6.54 Å². The summed E-state index contributed by atoms with van der Waals surface area (Å²) in [5.74, 6) is -0.0845. The molecule has 5 heteroatoms. The normalized spacial score (nSPS) is 34.5. The average Bonchev–Trinajstić information content (AvgIpc) is 3.03. The molecule has 0 radical (unpaired) electrons. The Bertz CT molecular complexity index is 454. The third-order valence-electron chi connectivity index (χ3n) is 5.33. The molecule has 21 heavy (non-hydrogen) atoms. The smallest absolute Gasteiger partial charge is 0.248 e. The van der Waals surface area contributed by atoms with Gasteiger partial charge in [-0.3, -0.25) is 9.59 Å². The van der Waals surface area contributed by atoms with E-state index in [0.717, 1.165) is 25.7 Å². The summed E-state index contributed by atoms with van der Waals surface area (Å²) in [6.45, 7) is 5.86. The van der Waals surface area contributed by atoms with Gasteiger partial charge in [-0.2, -0.15) is 0 Å². The van der Waals surface area contributed by atoms with Crippen LogP contribution in [0.25, 0.3) is 0 Å². The first-order valence-corrected chi connectivity index (χ1v) is 8.14. The van der Waals surface area contributed by atoms with Crippen LogP contribution in [-0.2, 0) is 14.3 Å². The van der Waals surface area contributed by atoms with E-state index in [1.165, 1.54) is 12.8 Å². The Morgan fingerprint density at radius 1 is 1.24 bits per heavy atom. The third kappa shape index (κ3) is 2.56. The zero-order chi connectivity index (χ0) is 15.3. The first kappa shape index (κ1) is 14.8. The number of nitrogens with one attached hydrogen (secondary N) is 1. The maximum Gasteiger partial charge on any atom is 0.248 e. The van der Waals surface area contributed by atoms with Crippen LogP contribution in [0.3, 0.4) is 0 Å². The average molecular weight is 294 g/mol. The lowest BCUT2D eigenvalue weighted by Crippen LogP contribution is -2.68. The molecular formula is C16H26N2O3. The molecule has 2 atom stereocenters. The molecule has 118 valence electrons. The van der Waals surface area contributed by atoms with Crippen molar-refractivity contribution in [3.63, 3.8) is 0 Å². The van der Waals surface area contributed by atoms with E-state index in [-0.39, 0.29) is 23.5 Å². The maximum absolute atomic E-state index is 12.6. The molecule has 0 aromatic carbocycles. The number of piperazine rings is 1. The van der Waals surface area contributed by atoms with E-state index in [4.69, 9.17) is 4.74 Å². The lowest BCUT2D eigenvalue weighted by Gasteiger charge is -2.42. The Morgan fingerprint density at radius 3 is 2.57 bits per heavy atom. The molecule has 3 aliphatic rings. The van der Waals surface area contributed by atoms with Gasteiger partial charge in [0.05, 0.1) is 11.7 Å². The molecule has 0 aromatic rings. The molecule has 0 bridgehead atoms. The van der Waals surface area contributed by atoms with Crippen molar-refractivity contribution in [2.75, 3.05) is 6.54 Å². The van der Waals surface area contributed by atoms with Gasteiger partial charge in [-0.25, -0.2) is 0 Å². The van der Waals surface area contributed by atoms with Gasteiger partial charge in [-0.15, -0.1) is 0 Å². The van der Waals surface area contributed by atoms with Crippen LogP contribution in [0, 0.1) is 0 Å². The minimum Gasteiger partial charge on any atom is -0.370 e. The molecule has 5 nitrogen and oxygen atoms in total. The van der Waals surface area contributed by atoms with Gasteiger partial charge in [0.1, 0.15) is 11.6 Å². The van der Waals surface area contributed by atoms with Crippen LogP contribution in [0.4, 0.5) is 0 Å². The van der Waals surface area contributed by atoms with Crippen LogP contribution < -0.4 is 5.32 Å². The third-order valence-corrected chi connectivity index (χ3v) is 5.33. The van der Waals surface area contributed by atoms with Crippen molar-refractivity contribution >= 4 is 11.8 Å². The number of nitrogens with zero attached hydrogens (tertiary/aromatic N) is 1. The van der Waals surface area contributed by atoms with Crippen molar-refractivity contribution in [3.05, 3.63) is 0 Å². The second kappa shape index (κ2) is 4.97. The summed E-state index contributed by atoms with van der Waals surface area (Å²) in [5.41, 5.74) is -0.738. The number of rotatable bonds is 2. The number of hydrogen-bond acceptors (Lipinski definition) is 3. The van der Waals surface area contributed by atoms with Gasteiger partial charge in [0.2, 0.25) is 11.8 Å². The summed E-state index contributed by atoms with van der Waals surface area (Å²) >= 11 is 0. The SMILES string of the molecule is CC1C(=O)NC(C)(C)C(=O)N1CC1CCC2(CCCC2)O1. The summed E-state index contributed by atoms with van der Waals surface area (Å²) in [7, 11) is 0. The van der Waals surface area contributed by atoms with Crippen molar-refractivity contribution in [2.45, 2.75) is 82.6 Å². The molecule has 2 heterocycles. The van der Waals surface area contributed by atoms with Crippen LogP contribution in [0.1, 0.15) is 59.3 Å². The van der Waals surface area contributed by atoms with Gasteiger partial charge >= 0.3 is 0 Å². The lowest BCUT2D eigenvalue weighted by molar-refractivity contribution is -0.155. The van der Waals surface area contributed by atoms with Crippen molar-refractivity contribution in [1.82, 2.24) is 10.2 Å². The highest BCUT2D eigenvalue weighted by Crippen LogP contribution is 2.43. The summed E-state index contributed by atoms with van der Waals surface area (Å²) in [5, 5.41) is 2.79. The Labute approximate surface area is 126 Å². The highest BCUT2D eigenvalue weighted by Gasteiger charge is 2.47. The second-order valence-electron chi connectivity index (χ2n) is 7.42. The largest absolute Gasteiger partial charge is 0.370 e. The van der Waals surface area contributed by atoms with Crippen LogP contribution in [0.5, 0.6) is 0 Å². The topological polar surface area (TPSA) is 58.6 Å². The van der Waals surface area contributed by atoms with Crippen LogP contribution in [-0.4, -0.2) is 46.5 Å². The molecule has 1 aliphatic carbocycles. The first-order valence-electron chi connectivity index (χ1n) is 8.14. The molecule has 2 aliphatic heterocycles. The Morgan fingerprint density at radius 2 is 1.90 bits per heavy atom. The van der Waals surface area contributed by atoms with Crippen molar-refractivity contribution in [2.24, 2.45) is 0 Å². The molecular weight excluding hydrogens is 268 g/mol. The van der Waals surface area contributed by atoms with E-state index in [0.29, 0.717) is 6.54 Å². The summed E-state index contributed by atoms with van der Waals surface area (Å²) in [4.78, 5) is 26.3. The van der Waals surface area contributed by atoms with E-state index in [2.05, 4.69) is 5.32 Å². The zero-order valence-corrected chi connectivity index (χ0v) is 13.3. The number of carbonyl (C=O) groups is 2. The molecule has 2 saturated heterocycles. The fraction of sp³-hybridized carbons (Fsp3) is 0.875. The number of ether oxygens (including phenoxy) is 1. The van der Waals surface area contributed by atoms with Crippen molar-refractivity contribution in [3.8, 4) is 0 Å². The summed E-state index contributed by atoms with van der Waals surface area (Å²) < 4.78 is 6.29. The number of amides is 2. The van der Waals surface area contributed by atoms with Gasteiger partial charge in [-0.05, 0) is 46.5 Å². The molecule has 2 unspecified atom stereocenters. The Hall–Kier alpha value is -1.10. The molecule has 3 rings (SSSR count). The molecule has 0 aromatic heterocycles. The molecule has 1 N–H and O–H groups in total. The van der Waals surface area contributed by atoms with Gasteiger partial charge in [0.15, 0.2) is 0 Å². The number of carbonyl (C=O) groups excluding carboxylic acids is 2. The van der Waals surface area contributed by atoms with E-state index < -0.39 is 11.6 Å². The summed E-state index contributed by atoms with van der Waals surface area (Å²) in [6, 6.07) is -0.408. The predicted molar refractivity (Wildman–Crippen MR) is 78.7 cm³/mol. The lowest BCUT2D eigenvalue weighted by atomic mass is 9.96. The Balaban J connectivity index is 1.69. The first-order chi connectivity index (χ1) is 9.83. The second-order valence-corrected chi connectivity index (χ2v) is 7.42. The fourth-order valence-electron chi connectivity index (χ4n) is 4.01. The highest BCUT2D eigenvalue weighted by atomic mass is 16.5. The van der Waals surface area contributed by atoms with Crippen molar-refractivity contribution in [1.29, 1.82) is 0 Å². The highest BCUT2D eigenvalue weighted by molar-refractivity contribution is 5.99. The predicted octanol–water partition coefficient (Wildman–Crippen LogP) is 1.60. The number of hydrogen-bond donors (Lipinski definition) is 1. The van der Waals surface area contributed by atoms with Crippen LogP contribution >= 0.6 is 0 Å². The minimum atomic E-state index is -0.812. The standard InChI is InChI=1S/C16H26N2O3/c1-11-13(19)17-15(2,3)14(20)18(11)10-12-6-9-16(21-12)7-4-5-8-16/h11-12H,4-10H2,1-3H3,(H,17,19). The molecule has 1 saturated carbocycles. The molecule has 2 amide bonds. The van der Waals surface area contributed by atoms with Gasteiger partial charge in [-0.1, -0.05) is 12.8 Å². The van der Waals surface area contributed by atoms with E-state index in [1.807, 2.05) is 0 Å². The van der Waals surface area contributed by atoms with Crippen molar-refractivity contribution < 1.29 is 14.3 Å². The minimum absolute atomic E-state index is 0.00873. The zero-order valence-electron chi connectivity index (χ0n) is 13.3. The van der Waals surface area contributed by atoms with Crippen LogP contribution in [0.2, 0.25) is 0 Å². The quantitative estimate of drug-likeness (QED) is 0.841.